The van der Waals surface area contributed by atoms with E-state index in [-0.39, 0.29) is 23.3 Å². The van der Waals surface area contributed by atoms with E-state index in [1.807, 2.05) is 19.2 Å². The number of carbonyl (C=O) groups is 1. The van der Waals surface area contributed by atoms with Gasteiger partial charge >= 0.3 is 0 Å². The molecule has 1 N–H and O–H groups in total. The number of piperidine rings is 1. The van der Waals surface area contributed by atoms with Gasteiger partial charge in [0.25, 0.3) is 5.91 Å². The van der Waals surface area contributed by atoms with Gasteiger partial charge in [-0.2, -0.15) is 5.10 Å². The zero-order chi connectivity index (χ0) is 19.8. The van der Waals surface area contributed by atoms with Gasteiger partial charge in [0.05, 0.1) is 17.9 Å². The predicted octanol–water partition coefficient (Wildman–Crippen LogP) is 2.45. The quantitative estimate of drug-likeness (QED) is 0.636. The molecule has 1 aliphatic carbocycles. The van der Waals surface area contributed by atoms with Crippen molar-refractivity contribution in [3.05, 3.63) is 53.4 Å². The number of aromatic nitrogens is 4. The Kier molecular flexibility index (Phi) is 3.34. The Morgan fingerprint density at radius 1 is 1.31 bits per heavy atom. The van der Waals surface area contributed by atoms with Crippen LogP contribution in [0.4, 0.5) is 10.2 Å². The average Bonchev–Trinajstić information content (AvgIpc) is 3.09. The van der Waals surface area contributed by atoms with Gasteiger partial charge in [0, 0.05) is 30.0 Å². The monoisotopic (exact) mass is 392 g/mol. The second kappa shape index (κ2) is 5.75. The third kappa shape index (κ3) is 2.34. The number of fused-ring (bicyclic) bond motifs is 3. The number of aryl methyl sites for hydroxylation is 1. The van der Waals surface area contributed by atoms with Crippen LogP contribution in [0.5, 0.6) is 0 Å². The maximum atomic E-state index is 14.2. The number of carbonyl (C=O) groups excluding carboxylic acids is 1. The summed E-state index contributed by atoms with van der Waals surface area (Å²) in [5.41, 5.74) is 2.67. The largest absolute Gasteiger partial charge is 0.349 e. The third-order valence-electron chi connectivity index (χ3n) is 6.73. The SMILES string of the molecule is CC1CCc2ncc(F)cc2C23CC2CCN3c2ccn3ncc(c3n2)C(=O)N1. The highest BCUT2D eigenvalue weighted by atomic mass is 19.1. The second-order valence-corrected chi connectivity index (χ2v) is 8.44. The van der Waals surface area contributed by atoms with E-state index in [1.165, 1.54) is 6.20 Å². The molecule has 6 rings (SSSR count). The van der Waals surface area contributed by atoms with E-state index in [1.54, 1.807) is 16.8 Å². The van der Waals surface area contributed by atoms with E-state index in [4.69, 9.17) is 4.98 Å². The molecule has 3 unspecified atom stereocenters. The molecule has 0 aromatic carbocycles. The number of rotatable bonds is 0. The molecule has 7 nitrogen and oxygen atoms in total. The lowest BCUT2D eigenvalue weighted by Gasteiger charge is -2.31. The van der Waals surface area contributed by atoms with Gasteiger partial charge in [0.15, 0.2) is 5.65 Å². The zero-order valence-electron chi connectivity index (χ0n) is 16.1. The van der Waals surface area contributed by atoms with Crippen molar-refractivity contribution in [3.63, 3.8) is 0 Å². The van der Waals surface area contributed by atoms with Crippen molar-refractivity contribution in [2.75, 3.05) is 11.4 Å². The van der Waals surface area contributed by atoms with E-state index >= 15 is 0 Å². The molecule has 2 aliphatic heterocycles. The normalized spacial score (nSPS) is 28.1. The molecule has 29 heavy (non-hydrogen) atoms. The molecule has 2 bridgehead atoms. The first-order chi connectivity index (χ1) is 14.1. The van der Waals surface area contributed by atoms with Crippen LogP contribution in [0.1, 0.15) is 47.8 Å². The maximum absolute atomic E-state index is 14.2. The molecule has 1 spiro atoms. The first kappa shape index (κ1) is 16.9. The second-order valence-electron chi connectivity index (χ2n) is 8.44. The van der Waals surface area contributed by atoms with Gasteiger partial charge < -0.3 is 10.2 Å². The molecule has 3 aromatic heterocycles. The van der Waals surface area contributed by atoms with Gasteiger partial charge in [-0.1, -0.05) is 0 Å². The Balaban J connectivity index is 1.57. The lowest BCUT2D eigenvalue weighted by atomic mass is 9.96. The highest BCUT2D eigenvalue weighted by Gasteiger charge is 2.64. The smallest absolute Gasteiger partial charge is 0.256 e. The molecule has 5 heterocycles. The van der Waals surface area contributed by atoms with Crippen molar-refractivity contribution in [1.82, 2.24) is 24.9 Å². The van der Waals surface area contributed by atoms with E-state index < -0.39 is 0 Å². The first-order valence-electron chi connectivity index (χ1n) is 10.1. The fourth-order valence-electron chi connectivity index (χ4n) is 5.21. The molecule has 148 valence electrons. The van der Waals surface area contributed by atoms with Gasteiger partial charge in [0.2, 0.25) is 0 Å². The van der Waals surface area contributed by atoms with Crippen LogP contribution in [-0.4, -0.2) is 38.1 Å². The van der Waals surface area contributed by atoms with Gasteiger partial charge in [-0.05, 0) is 50.7 Å². The van der Waals surface area contributed by atoms with Crippen LogP contribution < -0.4 is 10.2 Å². The van der Waals surface area contributed by atoms with Crippen LogP contribution >= 0.6 is 0 Å². The molecule has 1 saturated heterocycles. The Bertz CT molecular complexity index is 1160. The molecule has 0 radical (unpaired) electrons. The molecule has 8 heteroatoms. The van der Waals surface area contributed by atoms with Crippen LogP contribution in [0, 0.1) is 11.7 Å². The minimum atomic E-state index is -0.303. The lowest BCUT2D eigenvalue weighted by Crippen LogP contribution is -2.35. The fourth-order valence-corrected chi connectivity index (χ4v) is 5.21. The van der Waals surface area contributed by atoms with Crippen molar-refractivity contribution >= 4 is 17.4 Å². The summed E-state index contributed by atoms with van der Waals surface area (Å²) in [4.78, 5) is 24.4. The number of anilines is 1. The lowest BCUT2D eigenvalue weighted by molar-refractivity contribution is 0.0940. The van der Waals surface area contributed by atoms with Crippen LogP contribution in [0.2, 0.25) is 0 Å². The van der Waals surface area contributed by atoms with Gasteiger partial charge in [-0.15, -0.1) is 0 Å². The Hall–Kier alpha value is -3.03. The molecule has 1 amide bonds. The van der Waals surface area contributed by atoms with Crippen molar-refractivity contribution in [3.8, 4) is 0 Å². The molecular formula is C21H21FN6O. The summed E-state index contributed by atoms with van der Waals surface area (Å²) in [6.07, 6.45) is 8.16. The summed E-state index contributed by atoms with van der Waals surface area (Å²) in [6, 6.07) is 3.54. The standard InChI is InChI=1S/C21H21FN6O/c1-12-2-3-17-16(8-14(22)10-23-17)21-9-13(21)4-6-27(21)18-5-7-28-19(26-18)15(11-24-28)20(29)25-12/h5,7-8,10-13H,2-4,6,9H2,1H3,(H,25,29). The topological polar surface area (TPSA) is 75.4 Å². The van der Waals surface area contributed by atoms with Gasteiger partial charge in [-0.3, -0.25) is 9.78 Å². The van der Waals surface area contributed by atoms with E-state index in [0.717, 1.165) is 42.9 Å². The molecule has 2 fully saturated rings. The Labute approximate surface area is 167 Å². The van der Waals surface area contributed by atoms with E-state index in [2.05, 4.69) is 20.3 Å². The average molecular weight is 392 g/mol. The number of pyridine rings is 1. The summed E-state index contributed by atoms with van der Waals surface area (Å²) in [5.74, 6) is 0.802. The molecule has 3 aromatic rings. The van der Waals surface area contributed by atoms with Crippen LogP contribution in [0.3, 0.4) is 0 Å². The predicted molar refractivity (Wildman–Crippen MR) is 104 cm³/mol. The summed E-state index contributed by atoms with van der Waals surface area (Å²) in [6.45, 7) is 2.83. The van der Waals surface area contributed by atoms with Gasteiger partial charge in [0.1, 0.15) is 17.2 Å². The summed E-state index contributed by atoms with van der Waals surface area (Å²) >= 11 is 0. The number of nitrogens with zero attached hydrogens (tertiary/aromatic N) is 5. The number of hydrogen-bond donors (Lipinski definition) is 1. The van der Waals surface area contributed by atoms with Crippen molar-refractivity contribution < 1.29 is 9.18 Å². The minimum absolute atomic E-state index is 0.0479. The number of hydrogen-bond acceptors (Lipinski definition) is 5. The molecule has 3 aliphatic rings. The Morgan fingerprint density at radius 2 is 2.21 bits per heavy atom. The maximum Gasteiger partial charge on any atom is 0.256 e. The zero-order valence-corrected chi connectivity index (χ0v) is 16.1. The minimum Gasteiger partial charge on any atom is -0.349 e. The van der Waals surface area contributed by atoms with Crippen molar-refractivity contribution in [2.24, 2.45) is 5.92 Å². The molecular weight excluding hydrogens is 371 g/mol. The molecule has 3 atom stereocenters. The summed E-state index contributed by atoms with van der Waals surface area (Å²) in [5, 5.41) is 7.32. The summed E-state index contributed by atoms with van der Waals surface area (Å²) in [7, 11) is 0. The van der Waals surface area contributed by atoms with Crippen LogP contribution in [-0.2, 0) is 12.0 Å². The first-order valence-corrected chi connectivity index (χ1v) is 10.1. The Morgan fingerprint density at radius 3 is 3.07 bits per heavy atom. The third-order valence-corrected chi connectivity index (χ3v) is 6.73. The highest BCUT2D eigenvalue weighted by Crippen LogP contribution is 2.63. The van der Waals surface area contributed by atoms with Crippen LogP contribution in [0.25, 0.3) is 5.65 Å². The number of halogens is 1. The number of nitrogens with one attached hydrogen (secondary N) is 1. The fraction of sp³-hybridized carbons (Fsp3) is 0.429. The van der Waals surface area contributed by atoms with Crippen molar-refractivity contribution in [2.45, 2.75) is 44.2 Å². The summed E-state index contributed by atoms with van der Waals surface area (Å²) < 4.78 is 15.9. The van der Waals surface area contributed by atoms with Crippen molar-refractivity contribution in [1.29, 1.82) is 0 Å². The number of amides is 1. The van der Waals surface area contributed by atoms with Crippen LogP contribution in [0.15, 0.2) is 30.7 Å². The highest BCUT2D eigenvalue weighted by molar-refractivity contribution is 5.99. The van der Waals surface area contributed by atoms with E-state index in [9.17, 15) is 9.18 Å². The van der Waals surface area contributed by atoms with E-state index in [0.29, 0.717) is 23.5 Å². The van der Waals surface area contributed by atoms with Gasteiger partial charge in [-0.25, -0.2) is 13.9 Å². The molecule has 1 saturated carbocycles.